The van der Waals surface area contributed by atoms with Crippen molar-refractivity contribution in [1.29, 1.82) is 0 Å². The molecule has 0 radical (unpaired) electrons. The Morgan fingerprint density at radius 2 is 2.11 bits per heavy atom. The summed E-state index contributed by atoms with van der Waals surface area (Å²) in [6.07, 6.45) is 1.58. The number of nitrogens with zero attached hydrogens (tertiary/aromatic N) is 1. The lowest BCUT2D eigenvalue weighted by Crippen LogP contribution is -2.33. The van der Waals surface area contributed by atoms with Gasteiger partial charge in [0.25, 0.3) is 5.56 Å². The molecule has 150 valence electrons. The molecule has 0 unspecified atom stereocenters. The molecule has 8 nitrogen and oxygen atoms in total. The number of rotatable bonds is 8. The second-order valence-corrected chi connectivity index (χ2v) is 6.78. The maximum atomic E-state index is 12.2. The lowest BCUT2D eigenvalue weighted by molar-refractivity contribution is -0.122. The number of benzene rings is 1. The summed E-state index contributed by atoms with van der Waals surface area (Å²) in [6.45, 7) is 0.180. The molecule has 9 heteroatoms. The van der Waals surface area contributed by atoms with Gasteiger partial charge in [-0.05, 0) is 16.6 Å². The summed E-state index contributed by atoms with van der Waals surface area (Å²) in [4.78, 5) is 27.8. The molecule has 28 heavy (non-hydrogen) atoms. The molecule has 1 aromatic heterocycles. The monoisotopic (exact) mass is 452 g/mol. The number of ether oxygens (including phenoxy) is 3. The van der Waals surface area contributed by atoms with Crippen molar-refractivity contribution in [3.8, 4) is 0 Å². The topological polar surface area (TPSA) is 103 Å². The highest BCUT2D eigenvalue weighted by Gasteiger charge is 2.37. The fourth-order valence-electron chi connectivity index (χ4n) is 2.98. The van der Waals surface area contributed by atoms with E-state index >= 15 is 0 Å². The Morgan fingerprint density at radius 1 is 1.32 bits per heavy atom. The van der Waals surface area contributed by atoms with E-state index in [9.17, 15) is 14.7 Å². The Kier molecular flexibility index (Phi) is 7.35. The fourth-order valence-corrected chi connectivity index (χ4v) is 3.27. The van der Waals surface area contributed by atoms with Gasteiger partial charge in [0.2, 0.25) is 0 Å². The first kappa shape index (κ1) is 20.7. The molecule has 0 aliphatic carbocycles. The maximum absolute atomic E-state index is 12.2. The number of nitrogens with one attached hydrogen (secondary N) is 1. The number of aromatic amines is 1. The number of hydrogen-bond donors (Lipinski definition) is 2. The van der Waals surface area contributed by atoms with Gasteiger partial charge in [-0.15, -0.1) is 0 Å². The quantitative estimate of drug-likeness (QED) is 0.467. The highest BCUT2D eigenvalue weighted by molar-refractivity contribution is 9.11. The molecule has 1 aliphatic heterocycles. The van der Waals surface area contributed by atoms with Crippen molar-refractivity contribution in [2.75, 3.05) is 13.4 Å². The van der Waals surface area contributed by atoms with Crippen molar-refractivity contribution in [3.05, 3.63) is 73.5 Å². The van der Waals surface area contributed by atoms with Crippen LogP contribution in [0.15, 0.2) is 51.1 Å². The normalized spacial score (nSPS) is 22.1. The number of aliphatic hydroxyl groups is 1. The number of hydrogen-bond acceptors (Lipinski definition) is 6. The predicted molar refractivity (Wildman–Crippen MR) is 106 cm³/mol. The summed E-state index contributed by atoms with van der Waals surface area (Å²) in [5, 5.41) is 9.58. The van der Waals surface area contributed by atoms with Gasteiger partial charge in [-0.3, -0.25) is 14.3 Å². The first-order valence-electron chi connectivity index (χ1n) is 8.74. The van der Waals surface area contributed by atoms with Crippen molar-refractivity contribution in [1.82, 2.24) is 9.55 Å². The molecule has 1 aromatic carbocycles. The molecule has 3 rings (SSSR count). The fraction of sp³-hybridized carbons (Fsp3) is 0.368. The minimum atomic E-state index is -0.664. The van der Waals surface area contributed by atoms with Crippen molar-refractivity contribution in [2.45, 2.75) is 31.5 Å². The van der Waals surface area contributed by atoms with Crippen LogP contribution in [0.5, 0.6) is 0 Å². The van der Waals surface area contributed by atoms with Crippen LogP contribution in [-0.2, 0) is 20.8 Å². The molecule has 2 N–H and O–H groups in total. The molecule has 0 spiro atoms. The van der Waals surface area contributed by atoms with E-state index in [1.165, 1.54) is 21.8 Å². The molecule has 1 fully saturated rings. The van der Waals surface area contributed by atoms with Crippen LogP contribution in [0.3, 0.4) is 0 Å². The number of aliphatic hydroxyl groups excluding tert-OH is 1. The minimum absolute atomic E-state index is 0.0320. The van der Waals surface area contributed by atoms with Gasteiger partial charge in [0.1, 0.15) is 19.1 Å². The Balaban J connectivity index is 1.62. The van der Waals surface area contributed by atoms with Crippen LogP contribution in [-0.4, -0.2) is 40.3 Å². The van der Waals surface area contributed by atoms with Gasteiger partial charge in [0.05, 0.1) is 24.9 Å². The zero-order valence-corrected chi connectivity index (χ0v) is 16.6. The molecule has 1 aliphatic rings. The van der Waals surface area contributed by atoms with Crippen molar-refractivity contribution in [3.63, 3.8) is 0 Å². The summed E-state index contributed by atoms with van der Waals surface area (Å²) in [6, 6.07) is 9.69. The van der Waals surface area contributed by atoms with E-state index < -0.39 is 29.7 Å². The van der Waals surface area contributed by atoms with E-state index in [2.05, 4.69) is 20.9 Å². The Labute approximate surface area is 169 Å². The number of halogens is 1. The lowest BCUT2D eigenvalue weighted by atomic mass is 10.2. The van der Waals surface area contributed by atoms with E-state index in [0.29, 0.717) is 18.6 Å². The lowest BCUT2D eigenvalue weighted by Gasteiger charge is -2.16. The van der Waals surface area contributed by atoms with Crippen molar-refractivity contribution >= 4 is 22.0 Å². The van der Waals surface area contributed by atoms with Crippen LogP contribution in [0, 0.1) is 0 Å². The summed E-state index contributed by atoms with van der Waals surface area (Å²) in [5.74, 6) is 0. The minimum Gasteiger partial charge on any atom is -0.394 e. The van der Waals surface area contributed by atoms with Crippen LogP contribution in [0.25, 0.3) is 6.08 Å². The third-order valence-corrected chi connectivity index (χ3v) is 4.65. The third-order valence-electron chi connectivity index (χ3n) is 4.39. The second kappa shape index (κ2) is 9.94. The molecule has 0 bridgehead atoms. The van der Waals surface area contributed by atoms with E-state index in [-0.39, 0.29) is 13.4 Å². The Bertz CT molecular complexity index is 911. The molecule has 3 atom stereocenters. The van der Waals surface area contributed by atoms with Crippen molar-refractivity contribution in [2.24, 2.45) is 0 Å². The zero-order valence-electron chi connectivity index (χ0n) is 15.0. The van der Waals surface area contributed by atoms with Gasteiger partial charge in [-0.2, -0.15) is 0 Å². The van der Waals surface area contributed by atoms with Crippen LogP contribution in [0.4, 0.5) is 0 Å². The summed E-state index contributed by atoms with van der Waals surface area (Å²) in [5.41, 5.74) is 0.254. The average Bonchev–Trinajstić information content (AvgIpc) is 3.11. The van der Waals surface area contributed by atoms with Crippen LogP contribution in [0.1, 0.15) is 23.8 Å². The summed E-state index contributed by atoms with van der Waals surface area (Å²) >= 11 is 3.11. The van der Waals surface area contributed by atoms with E-state index in [0.717, 1.165) is 5.56 Å². The van der Waals surface area contributed by atoms with Crippen LogP contribution >= 0.6 is 15.9 Å². The Morgan fingerprint density at radius 3 is 2.82 bits per heavy atom. The van der Waals surface area contributed by atoms with E-state index in [1.54, 1.807) is 0 Å². The van der Waals surface area contributed by atoms with Gasteiger partial charge in [0, 0.05) is 12.6 Å². The molecular weight excluding hydrogens is 432 g/mol. The van der Waals surface area contributed by atoms with Crippen molar-refractivity contribution < 1.29 is 19.3 Å². The van der Waals surface area contributed by atoms with E-state index in [4.69, 9.17) is 14.2 Å². The molecule has 2 heterocycles. The highest BCUT2D eigenvalue weighted by Crippen LogP contribution is 2.29. The molecule has 2 aromatic rings. The Hall–Kier alpha value is -2.04. The molecule has 0 amide bonds. The zero-order chi connectivity index (χ0) is 19.9. The smallest absolute Gasteiger partial charge is 0.330 e. The highest BCUT2D eigenvalue weighted by atomic mass is 79.9. The van der Waals surface area contributed by atoms with Gasteiger partial charge >= 0.3 is 5.69 Å². The predicted octanol–water partition coefficient (Wildman–Crippen LogP) is 1.74. The van der Waals surface area contributed by atoms with Gasteiger partial charge in [0.15, 0.2) is 0 Å². The molecule has 1 saturated heterocycles. The third kappa shape index (κ3) is 5.06. The largest absolute Gasteiger partial charge is 0.394 e. The summed E-state index contributed by atoms with van der Waals surface area (Å²) in [7, 11) is 0. The van der Waals surface area contributed by atoms with Crippen LogP contribution in [0.2, 0.25) is 0 Å². The van der Waals surface area contributed by atoms with E-state index in [1.807, 2.05) is 30.3 Å². The summed E-state index contributed by atoms with van der Waals surface area (Å²) < 4.78 is 18.3. The van der Waals surface area contributed by atoms with Gasteiger partial charge in [-0.1, -0.05) is 46.3 Å². The average molecular weight is 453 g/mol. The number of aromatic nitrogens is 2. The SMILES string of the molecule is O=c1[nH]c(=O)n([C@H]2C[C@H](OCOCc3ccccc3)[C@@H](CO)O2)cc1C=CBr. The van der Waals surface area contributed by atoms with Gasteiger partial charge in [-0.25, -0.2) is 4.79 Å². The maximum Gasteiger partial charge on any atom is 0.330 e. The standard InChI is InChI=1S/C19H21BrN2O6/c20-7-6-14-9-22(19(25)21-18(14)24)17-8-15(16(10-23)28-17)27-12-26-11-13-4-2-1-3-5-13/h1-7,9,15-17,23H,8,10-12H2,(H,21,24,25)/t15-,16+,17+/m0/s1. The molecular formula is C19H21BrN2O6. The number of H-pyrrole nitrogens is 1. The second-order valence-electron chi connectivity index (χ2n) is 6.25. The first-order chi connectivity index (χ1) is 13.6. The van der Waals surface area contributed by atoms with Gasteiger partial charge < -0.3 is 19.3 Å². The van der Waals surface area contributed by atoms with Crippen LogP contribution < -0.4 is 11.2 Å². The molecule has 0 saturated carbocycles. The first-order valence-corrected chi connectivity index (χ1v) is 9.65.